The third-order valence-electron chi connectivity index (χ3n) is 2.64. The van der Waals surface area contributed by atoms with Crippen LogP contribution in [0.4, 0.5) is 5.69 Å². The fourth-order valence-electron chi connectivity index (χ4n) is 1.69. The molecule has 4 nitrogen and oxygen atoms in total. The van der Waals surface area contributed by atoms with Crippen LogP contribution < -0.4 is 10.0 Å². The molecule has 0 aliphatic carbocycles. The molecule has 0 bridgehead atoms. The van der Waals surface area contributed by atoms with Crippen LogP contribution in [0, 0.1) is 6.92 Å². The van der Waals surface area contributed by atoms with Crippen LogP contribution in [0.25, 0.3) is 0 Å². The molecule has 1 aromatic carbocycles. The van der Waals surface area contributed by atoms with Crippen LogP contribution in [0.5, 0.6) is 0 Å². The summed E-state index contributed by atoms with van der Waals surface area (Å²) in [6, 6.07) is 8.90. The van der Waals surface area contributed by atoms with E-state index in [2.05, 4.69) is 10.0 Å². The number of sulfonamides is 1. The number of hydrogen-bond acceptors (Lipinski definition) is 4. The van der Waals surface area contributed by atoms with E-state index in [0.717, 1.165) is 10.4 Å². The summed E-state index contributed by atoms with van der Waals surface area (Å²) in [6.45, 7) is 2.50. The third kappa shape index (κ3) is 3.34. The predicted molar refractivity (Wildman–Crippen MR) is 79.1 cm³/mol. The average molecular weight is 296 g/mol. The zero-order valence-electron chi connectivity index (χ0n) is 10.8. The molecule has 2 N–H and O–H groups in total. The minimum atomic E-state index is -3.52. The largest absolute Gasteiger partial charge is 0.315 e. The first kappa shape index (κ1) is 14.0. The summed E-state index contributed by atoms with van der Waals surface area (Å²) >= 11 is 1.43. The van der Waals surface area contributed by atoms with Crippen molar-refractivity contribution in [3.8, 4) is 0 Å². The Morgan fingerprint density at radius 2 is 1.84 bits per heavy atom. The lowest BCUT2D eigenvalue weighted by molar-refractivity contribution is 0.600. The molecule has 102 valence electrons. The lowest BCUT2D eigenvalue weighted by Crippen LogP contribution is -2.15. The smallest absolute Gasteiger partial charge is 0.263 e. The van der Waals surface area contributed by atoms with E-state index in [9.17, 15) is 8.42 Å². The molecule has 0 spiro atoms. The zero-order valence-corrected chi connectivity index (χ0v) is 12.4. The van der Waals surface area contributed by atoms with Gasteiger partial charge >= 0.3 is 0 Å². The van der Waals surface area contributed by atoms with Gasteiger partial charge in [-0.2, -0.15) is 0 Å². The molecule has 2 aromatic rings. The molecule has 0 aliphatic heterocycles. The number of nitrogens with one attached hydrogen (secondary N) is 2. The molecular formula is C13H16N2O2S2. The Morgan fingerprint density at radius 1 is 1.16 bits per heavy atom. The van der Waals surface area contributed by atoms with Crippen molar-refractivity contribution in [3.05, 3.63) is 46.2 Å². The molecule has 2 rings (SSSR count). The van der Waals surface area contributed by atoms with Gasteiger partial charge in [-0.1, -0.05) is 17.7 Å². The van der Waals surface area contributed by atoms with Crippen LogP contribution in [-0.2, 0) is 16.6 Å². The SMILES string of the molecule is CNCc1sccc1S(=O)(=O)Nc1ccc(C)cc1. The molecule has 6 heteroatoms. The first-order valence-electron chi connectivity index (χ1n) is 5.83. The molecule has 0 radical (unpaired) electrons. The van der Waals surface area contributed by atoms with Crippen LogP contribution in [0.3, 0.4) is 0 Å². The first-order valence-corrected chi connectivity index (χ1v) is 8.19. The summed E-state index contributed by atoms with van der Waals surface area (Å²) in [6.07, 6.45) is 0. The Hall–Kier alpha value is -1.37. The summed E-state index contributed by atoms with van der Waals surface area (Å²) in [7, 11) is -1.72. The molecule has 0 fully saturated rings. The summed E-state index contributed by atoms with van der Waals surface area (Å²) in [5.41, 5.74) is 1.67. The number of hydrogen-bond donors (Lipinski definition) is 2. The number of rotatable bonds is 5. The predicted octanol–water partition coefficient (Wildman–Crippen LogP) is 2.58. The Morgan fingerprint density at radius 3 is 2.47 bits per heavy atom. The second-order valence-electron chi connectivity index (χ2n) is 4.21. The summed E-state index contributed by atoms with van der Waals surface area (Å²) < 4.78 is 27.2. The molecule has 0 unspecified atom stereocenters. The van der Waals surface area contributed by atoms with E-state index in [0.29, 0.717) is 17.1 Å². The Kier molecular flexibility index (Phi) is 4.24. The zero-order chi connectivity index (χ0) is 13.9. The van der Waals surface area contributed by atoms with Crippen LogP contribution in [0.1, 0.15) is 10.4 Å². The topological polar surface area (TPSA) is 58.2 Å². The van der Waals surface area contributed by atoms with Gasteiger partial charge < -0.3 is 5.32 Å². The van der Waals surface area contributed by atoms with Gasteiger partial charge in [-0.05, 0) is 37.6 Å². The maximum Gasteiger partial charge on any atom is 0.263 e. The van der Waals surface area contributed by atoms with E-state index in [1.807, 2.05) is 19.1 Å². The Balaban J connectivity index is 2.27. The van der Waals surface area contributed by atoms with Crippen molar-refractivity contribution in [2.75, 3.05) is 11.8 Å². The van der Waals surface area contributed by atoms with Crippen LogP contribution in [0.15, 0.2) is 40.6 Å². The van der Waals surface area contributed by atoms with Gasteiger partial charge in [0, 0.05) is 17.1 Å². The quantitative estimate of drug-likeness (QED) is 0.891. The lowest BCUT2D eigenvalue weighted by atomic mass is 10.2. The lowest BCUT2D eigenvalue weighted by Gasteiger charge is -2.09. The third-order valence-corrected chi connectivity index (χ3v) is 5.15. The van der Waals surface area contributed by atoms with E-state index < -0.39 is 10.0 Å². The van der Waals surface area contributed by atoms with E-state index in [1.54, 1.807) is 30.6 Å². The minimum Gasteiger partial charge on any atom is -0.315 e. The molecular weight excluding hydrogens is 280 g/mol. The molecule has 0 saturated carbocycles. The van der Waals surface area contributed by atoms with Crippen molar-refractivity contribution in [3.63, 3.8) is 0 Å². The van der Waals surface area contributed by atoms with E-state index >= 15 is 0 Å². The second-order valence-corrected chi connectivity index (χ2v) is 6.86. The molecule has 1 heterocycles. The molecule has 0 amide bonds. The number of benzene rings is 1. The summed E-state index contributed by atoms with van der Waals surface area (Å²) in [5, 5.41) is 4.76. The summed E-state index contributed by atoms with van der Waals surface area (Å²) in [4.78, 5) is 1.15. The van der Waals surface area contributed by atoms with Crippen molar-refractivity contribution in [1.29, 1.82) is 0 Å². The van der Waals surface area contributed by atoms with Gasteiger partial charge in [-0.25, -0.2) is 8.42 Å². The highest BCUT2D eigenvalue weighted by atomic mass is 32.2. The van der Waals surface area contributed by atoms with Gasteiger partial charge in [0.05, 0.1) is 0 Å². The maximum absolute atomic E-state index is 12.3. The van der Waals surface area contributed by atoms with Gasteiger partial charge in [0.15, 0.2) is 0 Å². The van der Waals surface area contributed by atoms with E-state index in [1.165, 1.54) is 11.3 Å². The number of anilines is 1. The Bertz CT molecular complexity index is 646. The number of thiophene rings is 1. The van der Waals surface area contributed by atoms with Gasteiger partial charge in [-0.3, -0.25) is 4.72 Å². The standard InChI is InChI=1S/C13H16N2O2S2/c1-10-3-5-11(6-4-10)15-19(16,17)13-7-8-18-12(13)9-14-2/h3-8,14-15H,9H2,1-2H3. The van der Waals surface area contributed by atoms with Gasteiger partial charge in [0.2, 0.25) is 0 Å². The average Bonchev–Trinajstić information content (AvgIpc) is 2.81. The highest BCUT2D eigenvalue weighted by Gasteiger charge is 2.19. The molecule has 0 saturated heterocycles. The van der Waals surface area contributed by atoms with Crippen LogP contribution in [0.2, 0.25) is 0 Å². The number of aryl methyl sites for hydroxylation is 1. The molecule has 19 heavy (non-hydrogen) atoms. The van der Waals surface area contributed by atoms with Gasteiger partial charge in [0.1, 0.15) is 4.90 Å². The van der Waals surface area contributed by atoms with Crippen molar-refractivity contribution in [2.45, 2.75) is 18.4 Å². The molecule has 1 aromatic heterocycles. The maximum atomic E-state index is 12.3. The van der Waals surface area contributed by atoms with Crippen molar-refractivity contribution in [2.24, 2.45) is 0 Å². The minimum absolute atomic E-state index is 0.340. The van der Waals surface area contributed by atoms with Gasteiger partial charge in [0.25, 0.3) is 10.0 Å². The monoisotopic (exact) mass is 296 g/mol. The van der Waals surface area contributed by atoms with Crippen molar-refractivity contribution in [1.82, 2.24) is 5.32 Å². The Labute approximate surface area is 117 Å². The fourth-order valence-corrected chi connectivity index (χ4v) is 4.20. The first-order chi connectivity index (χ1) is 9.03. The van der Waals surface area contributed by atoms with Crippen molar-refractivity contribution < 1.29 is 8.42 Å². The highest BCUT2D eigenvalue weighted by molar-refractivity contribution is 7.93. The van der Waals surface area contributed by atoms with Crippen LogP contribution in [-0.4, -0.2) is 15.5 Å². The van der Waals surface area contributed by atoms with Crippen LogP contribution >= 0.6 is 11.3 Å². The summed E-state index contributed by atoms with van der Waals surface area (Å²) in [5.74, 6) is 0. The van der Waals surface area contributed by atoms with E-state index in [-0.39, 0.29) is 0 Å². The molecule has 0 atom stereocenters. The highest BCUT2D eigenvalue weighted by Crippen LogP contribution is 2.24. The van der Waals surface area contributed by atoms with Gasteiger partial charge in [-0.15, -0.1) is 11.3 Å². The fraction of sp³-hybridized carbons (Fsp3) is 0.231. The van der Waals surface area contributed by atoms with E-state index in [4.69, 9.17) is 0 Å². The van der Waals surface area contributed by atoms with Crippen molar-refractivity contribution >= 4 is 27.0 Å². The molecule has 0 aliphatic rings. The second kappa shape index (κ2) is 5.73. The normalized spacial score (nSPS) is 11.5.